The number of benzene rings is 6. The van der Waals surface area contributed by atoms with Crippen LogP contribution in [-0.2, 0) is 15.3 Å². The van der Waals surface area contributed by atoms with Crippen molar-refractivity contribution >= 4 is 31.6 Å². The first-order chi connectivity index (χ1) is 21.0. The van der Waals surface area contributed by atoms with E-state index in [1.165, 1.54) is 0 Å². The quantitative estimate of drug-likeness (QED) is 0.214. The van der Waals surface area contributed by atoms with Crippen molar-refractivity contribution in [3.8, 4) is 11.8 Å². The van der Waals surface area contributed by atoms with Crippen molar-refractivity contribution in [3.63, 3.8) is 0 Å². The molecule has 1 aliphatic rings. The molecule has 0 saturated heterocycles. The molecule has 43 heavy (non-hydrogen) atoms. The minimum atomic E-state index is -3.84. The van der Waals surface area contributed by atoms with E-state index in [2.05, 4.69) is 71.3 Å². The van der Waals surface area contributed by atoms with E-state index in [0.29, 0.717) is 16.7 Å². The molecular weight excluding hydrogens is 548 g/mol. The second kappa shape index (κ2) is 9.29. The number of rotatable bonds is 3. The summed E-state index contributed by atoms with van der Waals surface area (Å²) in [6.07, 6.45) is 0. The molecule has 1 aliphatic heterocycles. The zero-order valence-corrected chi connectivity index (χ0v) is 23.8. The van der Waals surface area contributed by atoms with Gasteiger partial charge < -0.3 is 4.57 Å². The van der Waals surface area contributed by atoms with Gasteiger partial charge in [-0.2, -0.15) is 5.26 Å². The minimum absolute atomic E-state index is 0.223. The summed E-state index contributed by atoms with van der Waals surface area (Å²) in [5.41, 5.74) is 5.76. The smallest absolute Gasteiger partial charge is 0.207 e. The van der Waals surface area contributed by atoms with Crippen LogP contribution in [0.4, 0.5) is 0 Å². The summed E-state index contributed by atoms with van der Waals surface area (Å²) >= 11 is 0. The first kappa shape index (κ1) is 25.3. The predicted octanol–water partition coefficient (Wildman–Crippen LogP) is 8.18. The fourth-order valence-electron chi connectivity index (χ4n) is 6.94. The molecule has 0 bridgehead atoms. The topological polar surface area (TPSA) is 62.9 Å². The maximum Gasteiger partial charge on any atom is 0.207 e. The Morgan fingerprint density at radius 2 is 1.21 bits per heavy atom. The van der Waals surface area contributed by atoms with Crippen molar-refractivity contribution in [2.75, 3.05) is 0 Å². The lowest BCUT2D eigenvalue weighted by atomic mass is 9.64. The third-order valence-corrected chi connectivity index (χ3v) is 10.6. The Hall–Kier alpha value is -5.44. The Balaban J connectivity index is 1.56. The number of sulfone groups is 1. The second-order valence-electron chi connectivity index (χ2n) is 10.9. The summed E-state index contributed by atoms with van der Waals surface area (Å²) in [5.74, 6) is 0. The number of hydrogen-bond donors (Lipinski definition) is 0. The summed E-state index contributed by atoms with van der Waals surface area (Å²) in [5, 5.41) is 12.1. The number of hydrogen-bond acceptors (Lipinski definition) is 3. The van der Waals surface area contributed by atoms with E-state index in [-0.39, 0.29) is 9.79 Å². The first-order valence-corrected chi connectivity index (χ1v) is 15.6. The van der Waals surface area contributed by atoms with E-state index in [1.807, 2.05) is 54.6 Å². The molecule has 0 fully saturated rings. The van der Waals surface area contributed by atoms with Crippen molar-refractivity contribution in [2.24, 2.45) is 0 Å². The molecular formula is C38H24N2O2S. The lowest BCUT2D eigenvalue weighted by Crippen LogP contribution is -2.37. The molecule has 8 rings (SSSR count). The van der Waals surface area contributed by atoms with Gasteiger partial charge in [0.1, 0.15) is 0 Å². The average Bonchev–Trinajstić information content (AvgIpc) is 3.40. The van der Waals surface area contributed by atoms with Crippen molar-refractivity contribution < 1.29 is 8.42 Å². The number of nitrogens with zero attached hydrogens (tertiary/aromatic N) is 2. The molecule has 0 saturated carbocycles. The van der Waals surface area contributed by atoms with Crippen LogP contribution in [0.3, 0.4) is 0 Å². The van der Waals surface area contributed by atoms with Crippen LogP contribution in [0.5, 0.6) is 0 Å². The van der Waals surface area contributed by atoms with Gasteiger partial charge in [0.25, 0.3) is 0 Å². The fraction of sp³-hybridized carbons (Fsp3) is 0.0263. The highest BCUT2D eigenvalue weighted by Crippen LogP contribution is 2.54. The first-order valence-electron chi connectivity index (χ1n) is 14.1. The number of para-hydroxylation sites is 2. The fourth-order valence-corrected chi connectivity index (χ4v) is 8.69. The van der Waals surface area contributed by atoms with E-state index >= 15 is 0 Å². The van der Waals surface area contributed by atoms with Crippen molar-refractivity contribution in [3.05, 3.63) is 173 Å². The second-order valence-corrected chi connectivity index (χ2v) is 12.7. The Morgan fingerprint density at radius 3 is 2.00 bits per heavy atom. The molecule has 6 aromatic carbocycles. The van der Waals surface area contributed by atoms with Gasteiger partial charge in [0.2, 0.25) is 9.84 Å². The lowest BCUT2D eigenvalue weighted by Gasteiger charge is -2.42. The predicted molar refractivity (Wildman–Crippen MR) is 169 cm³/mol. The highest BCUT2D eigenvalue weighted by atomic mass is 32.2. The summed E-state index contributed by atoms with van der Waals surface area (Å²) in [6.45, 7) is 0. The molecule has 1 atom stereocenters. The van der Waals surface area contributed by atoms with Crippen LogP contribution in [0.1, 0.15) is 27.8 Å². The summed E-state index contributed by atoms with van der Waals surface area (Å²) in [4.78, 5) is 0.503. The van der Waals surface area contributed by atoms with Gasteiger partial charge in [0, 0.05) is 16.5 Å². The van der Waals surface area contributed by atoms with Gasteiger partial charge in [0.05, 0.1) is 37.9 Å². The van der Waals surface area contributed by atoms with Crippen LogP contribution in [-0.4, -0.2) is 13.0 Å². The molecule has 5 heteroatoms. The Bertz CT molecular complexity index is 2370. The van der Waals surface area contributed by atoms with Gasteiger partial charge in [-0.1, -0.05) is 91.0 Å². The molecule has 7 aromatic rings. The maximum atomic E-state index is 14.1. The van der Waals surface area contributed by atoms with E-state index in [0.717, 1.165) is 38.6 Å². The number of nitriles is 1. The van der Waals surface area contributed by atoms with Crippen LogP contribution in [0.2, 0.25) is 0 Å². The van der Waals surface area contributed by atoms with E-state index in [4.69, 9.17) is 0 Å². The molecule has 0 radical (unpaired) electrons. The zero-order valence-electron chi connectivity index (χ0n) is 23.0. The molecule has 204 valence electrons. The van der Waals surface area contributed by atoms with Gasteiger partial charge in [-0.15, -0.1) is 0 Å². The van der Waals surface area contributed by atoms with Crippen LogP contribution in [0, 0.1) is 11.3 Å². The summed E-state index contributed by atoms with van der Waals surface area (Å²) in [7, 11) is -3.84. The highest BCUT2D eigenvalue weighted by molar-refractivity contribution is 7.91. The summed E-state index contributed by atoms with van der Waals surface area (Å²) < 4.78 is 30.5. The van der Waals surface area contributed by atoms with Crippen LogP contribution < -0.4 is 0 Å². The van der Waals surface area contributed by atoms with Crippen LogP contribution >= 0.6 is 0 Å². The standard InChI is InChI=1S/C38H24N2O2S/c39-25-26-19-22-37-33(23-26)38(27-11-3-1-4-12-27,32-16-8-10-18-36(32)43(37,41)42)28-20-21-35-31(24-28)30-15-7-9-17-34(30)40(35)29-13-5-2-6-14-29/h1-24H. The monoisotopic (exact) mass is 572 g/mol. The highest BCUT2D eigenvalue weighted by Gasteiger charge is 2.49. The Morgan fingerprint density at radius 1 is 0.558 bits per heavy atom. The van der Waals surface area contributed by atoms with Gasteiger partial charge in [-0.3, -0.25) is 0 Å². The van der Waals surface area contributed by atoms with Crippen molar-refractivity contribution in [2.45, 2.75) is 15.2 Å². The Kier molecular flexibility index (Phi) is 5.46. The molecule has 1 unspecified atom stereocenters. The van der Waals surface area contributed by atoms with Crippen molar-refractivity contribution in [1.29, 1.82) is 5.26 Å². The van der Waals surface area contributed by atoms with Crippen molar-refractivity contribution in [1.82, 2.24) is 4.57 Å². The van der Waals surface area contributed by atoms with Crippen LogP contribution in [0.25, 0.3) is 27.5 Å². The molecule has 1 aromatic heterocycles. The molecule has 4 nitrogen and oxygen atoms in total. The third kappa shape index (κ3) is 3.45. The van der Waals surface area contributed by atoms with E-state index < -0.39 is 15.3 Å². The summed E-state index contributed by atoms with van der Waals surface area (Å²) in [6, 6.07) is 49.6. The normalized spacial score (nSPS) is 16.8. The molecule has 0 aliphatic carbocycles. The average molecular weight is 573 g/mol. The molecule has 0 spiro atoms. The number of aromatic nitrogens is 1. The zero-order chi connectivity index (χ0) is 29.2. The third-order valence-electron chi connectivity index (χ3n) is 8.71. The Labute approximate surface area is 249 Å². The van der Waals surface area contributed by atoms with Gasteiger partial charge in [0.15, 0.2) is 0 Å². The largest absolute Gasteiger partial charge is 0.309 e. The van der Waals surface area contributed by atoms with Gasteiger partial charge in [-0.05, 0) is 76.9 Å². The SMILES string of the molecule is N#Cc1ccc2c(c1)C(c1ccccc1)(c1ccc3c(c1)c1ccccc1n3-c1ccccc1)c1ccccc1S2(=O)=O. The maximum absolute atomic E-state index is 14.1. The van der Waals surface area contributed by atoms with E-state index in [1.54, 1.807) is 30.3 Å². The van der Waals surface area contributed by atoms with Gasteiger partial charge >= 0.3 is 0 Å². The van der Waals surface area contributed by atoms with Crippen LogP contribution in [0.15, 0.2) is 155 Å². The number of fused-ring (bicyclic) bond motifs is 5. The molecule has 0 amide bonds. The van der Waals surface area contributed by atoms with Gasteiger partial charge in [-0.25, -0.2) is 8.42 Å². The lowest BCUT2D eigenvalue weighted by molar-refractivity contribution is 0.579. The molecule has 0 N–H and O–H groups in total. The minimum Gasteiger partial charge on any atom is -0.309 e. The molecule has 2 heterocycles. The van der Waals surface area contributed by atoms with E-state index in [9.17, 15) is 13.7 Å².